The number of aliphatic imine (C=N–C) groups is 1. The molecule has 1 aromatic rings. The number of hydrogen-bond acceptors (Lipinski definition) is 6. The normalized spacial score (nSPS) is 23.2. The number of allylic oxidation sites excluding steroid dienone is 1. The molecule has 1 atom stereocenters. The number of piperidine rings is 1. The number of imide groups is 1. The van der Waals surface area contributed by atoms with Crippen molar-refractivity contribution in [2.24, 2.45) is 10.9 Å². The summed E-state index contributed by atoms with van der Waals surface area (Å²) in [5, 5.41) is 8.87. The van der Waals surface area contributed by atoms with E-state index in [0.29, 0.717) is 23.7 Å². The second kappa shape index (κ2) is 10.8. The van der Waals surface area contributed by atoms with Crippen molar-refractivity contribution in [1.29, 1.82) is 0 Å². The molecule has 1 saturated carbocycles. The first-order valence-electron chi connectivity index (χ1n) is 12.0. The van der Waals surface area contributed by atoms with Crippen molar-refractivity contribution in [3.63, 3.8) is 0 Å². The molecule has 2 N–H and O–H groups in total. The number of amides is 4. The number of anilines is 1. The van der Waals surface area contributed by atoms with Gasteiger partial charge in [-0.15, -0.1) is 0 Å². The molecule has 182 valence electrons. The number of carbonyl (C=O) groups excluding carboxylic acids is 3. The summed E-state index contributed by atoms with van der Waals surface area (Å²) in [7, 11) is 0. The van der Waals surface area contributed by atoms with E-state index >= 15 is 0 Å². The Bertz CT molecular complexity index is 1100. The maximum atomic E-state index is 13.2. The first-order chi connectivity index (χ1) is 16.8. The Morgan fingerprint density at radius 1 is 1.26 bits per heavy atom. The predicted molar refractivity (Wildman–Crippen MR) is 127 cm³/mol. The fourth-order valence-corrected chi connectivity index (χ4v) is 5.33. The number of nitrogens with zero attached hydrogens (tertiary/aromatic N) is 4. The van der Waals surface area contributed by atoms with Crippen LogP contribution in [0.4, 0.5) is 10.5 Å². The zero-order valence-corrected chi connectivity index (χ0v) is 22.9. The minimum absolute atomic E-state index is 0.184. The molecule has 0 radical (unpaired) electrons. The van der Waals surface area contributed by atoms with E-state index in [9.17, 15) is 14.4 Å². The molecule has 9 nitrogen and oxygen atoms in total. The van der Waals surface area contributed by atoms with Crippen LogP contribution in [0.15, 0.2) is 40.9 Å². The van der Waals surface area contributed by atoms with Crippen LogP contribution in [-0.2, 0) is 39.8 Å². The van der Waals surface area contributed by atoms with Gasteiger partial charge in [0.25, 0.3) is 5.91 Å². The molecule has 4 amide bonds. The molecule has 2 saturated heterocycles. The standard InChI is InChI=1S/C25H30N5O4.Y/c1-4-20(22(31)27-34)15-26-25(11-12-25)28-13-9-19(10-14-28)16-29-18(3)23(32)30(24(29)33)21-7-5-17(2)6-8-21;/h4-8,15,18-19,34H,9-14,16H2,1,3H3,(H,27,31);/b20-4+,26-15-;. The number of urea groups is 1. The van der Waals surface area contributed by atoms with Gasteiger partial charge in [0.2, 0.25) is 0 Å². The summed E-state index contributed by atoms with van der Waals surface area (Å²) < 4.78 is 3.17. The molecule has 3 aliphatic rings. The summed E-state index contributed by atoms with van der Waals surface area (Å²) in [6.07, 6.45) is 6.86. The molecule has 4 rings (SSSR count). The van der Waals surface area contributed by atoms with Crippen molar-refractivity contribution in [1.82, 2.24) is 15.3 Å². The molecule has 0 spiro atoms. The van der Waals surface area contributed by atoms with Crippen LogP contribution in [0.25, 0.3) is 0 Å². The Balaban J connectivity index is 1.35. The second-order valence-electron chi connectivity index (χ2n) is 9.33. The number of likely N-dealkylation sites (tertiary alicyclic amines) is 1. The van der Waals surface area contributed by atoms with Crippen LogP contribution >= 0.6 is 0 Å². The van der Waals surface area contributed by atoms with E-state index in [2.05, 4.69) is 7.49 Å². The van der Waals surface area contributed by atoms with Crippen molar-refractivity contribution in [3.05, 3.63) is 41.5 Å². The third-order valence-corrected chi connectivity index (χ3v) is 8.07. The number of carbonyl (C=O) groups is 3. The van der Waals surface area contributed by atoms with E-state index in [1.54, 1.807) is 36.5 Å². The van der Waals surface area contributed by atoms with Crippen LogP contribution in [0.1, 0.15) is 45.1 Å². The molecule has 10 heteroatoms. The molecule has 0 aromatic heterocycles. The Kier molecular flexibility index (Phi) is 8.03. The van der Waals surface area contributed by atoms with Gasteiger partial charge >= 0.3 is 151 Å². The topological polar surface area (TPSA) is 106 Å². The molecule has 1 aliphatic carbocycles. The first kappa shape index (κ1) is 25.9. The summed E-state index contributed by atoms with van der Waals surface area (Å²) in [6.45, 7) is 5.79. The summed E-state index contributed by atoms with van der Waals surface area (Å²) in [5.41, 5.74) is 3.28. The van der Waals surface area contributed by atoms with E-state index in [0.717, 1.165) is 74.6 Å². The molecule has 1 aromatic carbocycles. The van der Waals surface area contributed by atoms with Crippen molar-refractivity contribution in [2.45, 2.75) is 51.2 Å². The smallest absolute Gasteiger partial charge is 0.288 e. The van der Waals surface area contributed by atoms with Crippen LogP contribution in [0.3, 0.4) is 0 Å². The number of rotatable bonds is 7. The SMILES string of the molecule is C/C=C(\C=N/C1(N2CCC(CN3C(=O)N(c4ccc([C]#[Y])cc4)C(=O)C3C)CC2)CC1)C(=O)NO. The fraction of sp³-hybridized carbons (Fsp3) is 0.480. The monoisotopic (exact) mass is 553 g/mol. The van der Waals surface area contributed by atoms with Crippen molar-refractivity contribution in [2.75, 3.05) is 24.5 Å². The van der Waals surface area contributed by atoms with Gasteiger partial charge in [0.15, 0.2) is 0 Å². The van der Waals surface area contributed by atoms with Gasteiger partial charge in [0.05, 0.1) is 5.57 Å². The molecular weight excluding hydrogens is 523 g/mol. The maximum absolute atomic E-state index is 13.2. The molecule has 35 heavy (non-hydrogen) atoms. The second-order valence-corrected chi connectivity index (χ2v) is 10.0. The molecule has 3 fully saturated rings. The van der Waals surface area contributed by atoms with E-state index in [1.165, 1.54) is 4.90 Å². The quantitative estimate of drug-likeness (QED) is 0.178. The summed E-state index contributed by atoms with van der Waals surface area (Å²) in [6, 6.07) is 6.66. The number of nitrogens with one attached hydrogen (secondary N) is 1. The van der Waals surface area contributed by atoms with Gasteiger partial charge in [-0.2, -0.15) is 0 Å². The van der Waals surface area contributed by atoms with Crippen molar-refractivity contribution in [3.8, 4) is 2.59 Å². The minimum Gasteiger partial charge on any atom is -0.288 e. The van der Waals surface area contributed by atoms with Crippen LogP contribution in [0.2, 0.25) is 0 Å². The van der Waals surface area contributed by atoms with E-state index < -0.39 is 11.9 Å². The first-order valence-corrected chi connectivity index (χ1v) is 13.4. The van der Waals surface area contributed by atoms with Crippen molar-refractivity contribution >= 4 is 29.7 Å². The van der Waals surface area contributed by atoms with Gasteiger partial charge in [-0.1, -0.05) is 6.08 Å². The molecule has 0 bridgehead atoms. The Hall–Kier alpha value is -2.16. The summed E-state index contributed by atoms with van der Waals surface area (Å²) >= 11 is 0.890. The van der Waals surface area contributed by atoms with Gasteiger partial charge in [-0.25, -0.2) is 5.48 Å². The molecular formula is C25H30N5O4Y. The average molecular weight is 553 g/mol. The van der Waals surface area contributed by atoms with Crippen LogP contribution in [0, 0.1) is 8.51 Å². The van der Waals surface area contributed by atoms with E-state index in [-0.39, 0.29) is 17.6 Å². The van der Waals surface area contributed by atoms with Gasteiger partial charge in [-0.05, 0) is 19.8 Å². The average Bonchev–Trinajstić information content (AvgIpc) is 3.65. The zero-order valence-electron chi connectivity index (χ0n) is 20.1. The third-order valence-electron chi connectivity index (χ3n) is 7.25. The number of benzene rings is 1. The summed E-state index contributed by atoms with van der Waals surface area (Å²) in [5.74, 6) is -0.442. The fourth-order valence-electron chi connectivity index (χ4n) is 4.86. The van der Waals surface area contributed by atoms with Crippen LogP contribution in [0.5, 0.6) is 0 Å². The van der Waals surface area contributed by atoms with Gasteiger partial charge in [-0.3, -0.25) is 19.9 Å². The number of hydrogen-bond donors (Lipinski definition) is 2. The van der Waals surface area contributed by atoms with E-state index in [4.69, 9.17) is 10.2 Å². The Labute approximate surface area is 224 Å². The van der Waals surface area contributed by atoms with Gasteiger partial charge < -0.3 is 0 Å². The molecule has 2 heterocycles. The minimum atomic E-state index is -0.571. The van der Waals surface area contributed by atoms with Crippen LogP contribution < -0.4 is 10.4 Å². The predicted octanol–water partition coefficient (Wildman–Crippen LogP) is 2.42. The van der Waals surface area contributed by atoms with Gasteiger partial charge in [0.1, 0.15) is 5.66 Å². The Morgan fingerprint density at radius 3 is 2.46 bits per heavy atom. The number of hydroxylamine groups is 1. The molecule has 2 aliphatic heterocycles. The Morgan fingerprint density at radius 2 is 1.91 bits per heavy atom. The zero-order chi connectivity index (χ0) is 25.2. The van der Waals surface area contributed by atoms with Crippen LogP contribution in [-0.4, -0.2) is 70.4 Å². The van der Waals surface area contributed by atoms with Gasteiger partial charge in [0, 0.05) is 6.21 Å². The van der Waals surface area contributed by atoms with Crippen molar-refractivity contribution < 1.29 is 49.8 Å². The van der Waals surface area contributed by atoms with E-state index in [1.807, 2.05) is 24.3 Å². The third kappa shape index (κ3) is 5.35. The summed E-state index contributed by atoms with van der Waals surface area (Å²) in [4.78, 5) is 47.8. The molecule has 1 unspecified atom stereocenters.